The number of Topliss-reactive ketones (excluding diaryl/α,β-unsaturated/α-hetero) is 1. The number of fused-ring (bicyclic) bond motifs is 2. The van der Waals surface area contributed by atoms with Crippen molar-refractivity contribution in [3.63, 3.8) is 0 Å². The van der Waals surface area contributed by atoms with E-state index in [1.165, 1.54) is 6.07 Å². The molecule has 1 aromatic carbocycles. The number of phenols is 1. The zero-order valence-corrected chi connectivity index (χ0v) is 20.8. The third-order valence-corrected chi connectivity index (χ3v) is 9.08. The van der Waals surface area contributed by atoms with Gasteiger partial charge in [0.2, 0.25) is 5.79 Å². The number of nitrogens with two attached hydrogens (primary N) is 1. The normalized spacial score (nSPS) is 36.9. The van der Waals surface area contributed by atoms with Gasteiger partial charge in [0.1, 0.15) is 28.7 Å². The molecule has 5 aliphatic rings. The van der Waals surface area contributed by atoms with E-state index in [-0.39, 0.29) is 41.3 Å². The predicted molar refractivity (Wildman–Crippen MR) is 127 cm³/mol. The van der Waals surface area contributed by atoms with Crippen LogP contribution < -0.4 is 5.73 Å². The summed E-state index contributed by atoms with van der Waals surface area (Å²) in [5.41, 5.74) is 3.14. The summed E-state index contributed by atoms with van der Waals surface area (Å²) in [5, 5.41) is 44.6. The number of likely N-dealkylation sites (tertiary alicyclic amines) is 1. The SMILES string of the molecule is CN1CCCC1c1cc(O)c2c(c1F)C[C@H]1C[C@H]3[C@H](N(C)C)C(O)=C(C(N)=O)C4(O)O[C@]34C(O)=C1C2=O. The van der Waals surface area contributed by atoms with Crippen molar-refractivity contribution >= 4 is 11.7 Å². The maximum atomic E-state index is 15.9. The zero-order chi connectivity index (χ0) is 26.8. The van der Waals surface area contributed by atoms with E-state index in [9.17, 15) is 30.0 Å². The molecular weight excluding hydrogens is 485 g/mol. The van der Waals surface area contributed by atoms with Crippen molar-refractivity contribution in [2.24, 2.45) is 17.6 Å². The van der Waals surface area contributed by atoms with Crippen LogP contribution in [0.4, 0.5) is 4.39 Å². The van der Waals surface area contributed by atoms with E-state index in [0.717, 1.165) is 19.4 Å². The third kappa shape index (κ3) is 2.82. The van der Waals surface area contributed by atoms with Crippen molar-refractivity contribution < 1.29 is 39.1 Å². The first-order valence-corrected chi connectivity index (χ1v) is 12.4. The van der Waals surface area contributed by atoms with Gasteiger partial charge < -0.3 is 30.9 Å². The van der Waals surface area contributed by atoms with Crippen molar-refractivity contribution in [2.75, 3.05) is 27.7 Å². The minimum Gasteiger partial charge on any atom is -0.510 e. The minimum atomic E-state index is -2.41. The smallest absolute Gasteiger partial charge is 0.253 e. The molecule has 3 aliphatic carbocycles. The Kier molecular flexibility index (Phi) is 4.96. The number of ether oxygens (including phenoxy) is 1. The summed E-state index contributed by atoms with van der Waals surface area (Å²) in [4.78, 5) is 29.5. The van der Waals surface area contributed by atoms with Crippen LogP contribution in [0.25, 0.3) is 0 Å². The minimum absolute atomic E-state index is 0.0302. The Labute approximate surface area is 212 Å². The molecule has 1 spiro atoms. The molecule has 2 fully saturated rings. The second kappa shape index (κ2) is 7.53. The van der Waals surface area contributed by atoms with Crippen molar-refractivity contribution in [2.45, 2.75) is 49.2 Å². The molecule has 0 aromatic heterocycles. The molecule has 0 bridgehead atoms. The molecule has 0 saturated carbocycles. The number of hydrogen-bond acceptors (Lipinski definition) is 9. The van der Waals surface area contributed by atoms with Crippen LogP contribution in [0.5, 0.6) is 5.75 Å². The number of hydrogen-bond donors (Lipinski definition) is 5. The summed E-state index contributed by atoms with van der Waals surface area (Å²) in [6.07, 6.45) is 1.79. The summed E-state index contributed by atoms with van der Waals surface area (Å²) < 4.78 is 21.6. The van der Waals surface area contributed by atoms with Gasteiger partial charge >= 0.3 is 0 Å². The highest BCUT2D eigenvalue weighted by molar-refractivity contribution is 6.13. The molecule has 11 heteroatoms. The molecule has 10 nitrogen and oxygen atoms in total. The molecule has 6 rings (SSSR count). The number of benzene rings is 1. The molecule has 6 atom stereocenters. The maximum absolute atomic E-state index is 15.9. The molecule has 6 N–H and O–H groups in total. The van der Waals surface area contributed by atoms with E-state index in [4.69, 9.17) is 10.5 Å². The number of likely N-dealkylation sites (N-methyl/N-ethyl adjacent to an activating group) is 1. The lowest BCUT2D eigenvalue weighted by atomic mass is 9.60. The topological polar surface area (TPSA) is 160 Å². The predicted octanol–water partition coefficient (Wildman–Crippen LogP) is 1.18. The Morgan fingerprint density at radius 3 is 2.59 bits per heavy atom. The highest BCUT2D eigenvalue weighted by Gasteiger charge is 2.84. The van der Waals surface area contributed by atoms with Gasteiger partial charge in [0.25, 0.3) is 5.91 Å². The van der Waals surface area contributed by atoms with E-state index in [2.05, 4.69) is 0 Å². The first-order valence-electron chi connectivity index (χ1n) is 12.4. The monoisotopic (exact) mass is 515 g/mol. The fourth-order valence-electron chi connectivity index (χ4n) is 7.47. The summed E-state index contributed by atoms with van der Waals surface area (Å²) in [7, 11) is 5.19. The fraction of sp³-hybridized carbons (Fsp3) is 0.538. The molecule has 198 valence electrons. The summed E-state index contributed by atoms with van der Waals surface area (Å²) >= 11 is 0. The first-order chi connectivity index (χ1) is 17.4. The highest BCUT2D eigenvalue weighted by Crippen LogP contribution is 2.68. The van der Waals surface area contributed by atoms with Crippen LogP contribution in [0.15, 0.2) is 28.7 Å². The molecule has 2 saturated heterocycles. The fourth-order valence-corrected chi connectivity index (χ4v) is 7.47. The number of primary amides is 1. The molecule has 1 amide bonds. The molecule has 2 aliphatic heterocycles. The summed E-state index contributed by atoms with van der Waals surface area (Å²) in [6, 6.07) is 0.202. The second-order valence-corrected chi connectivity index (χ2v) is 11.1. The van der Waals surface area contributed by atoms with Gasteiger partial charge in [-0.05, 0) is 65.4 Å². The number of carbonyl (C=O) groups is 2. The maximum Gasteiger partial charge on any atom is 0.253 e. The van der Waals surface area contributed by atoms with Gasteiger partial charge in [-0.2, -0.15) is 0 Å². The molecule has 1 aromatic rings. The number of allylic oxidation sites excluding steroid dienone is 1. The van der Waals surface area contributed by atoms with Gasteiger partial charge in [0.05, 0.1) is 11.6 Å². The van der Waals surface area contributed by atoms with Crippen LogP contribution in [-0.4, -0.2) is 87.0 Å². The first kappa shape index (κ1) is 24.4. The average molecular weight is 516 g/mol. The summed E-state index contributed by atoms with van der Waals surface area (Å²) in [5.74, 6) is -7.68. The van der Waals surface area contributed by atoms with Crippen molar-refractivity contribution in [3.8, 4) is 5.75 Å². The largest absolute Gasteiger partial charge is 0.510 e. The Morgan fingerprint density at radius 1 is 1.30 bits per heavy atom. The Hall–Kier alpha value is -2.99. The average Bonchev–Trinajstić information content (AvgIpc) is 3.22. The Bertz CT molecular complexity index is 1340. The quantitative estimate of drug-likeness (QED) is 0.373. The number of ketones is 1. The van der Waals surface area contributed by atoms with Gasteiger partial charge in [0.15, 0.2) is 11.4 Å². The highest BCUT2D eigenvalue weighted by atomic mass is 19.1. The Morgan fingerprint density at radius 2 is 2.00 bits per heavy atom. The third-order valence-electron chi connectivity index (χ3n) is 9.08. The van der Waals surface area contributed by atoms with Crippen molar-refractivity contribution in [1.29, 1.82) is 0 Å². The van der Waals surface area contributed by atoms with E-state index in [0.29, 0.717) is 5.56 Å². The van der Waals surface area contributed by atoms with Gasteiger partial charge in [-0.25, -0.2) is 4.39 Å². The number of aliphatic hydroxyl groups is 3. The van der Waals surface area contributed by atoms with Crippen LogP contribution in [0.3, 0.4) is 0 Å². The Balaban J connectivity index is 1.52. The van der Waals surface area contributed by atoms with E-state index >= 15 is 4.39 Å². The van der Waals surface area contributed by atoms with Gasteiger partial charge in [-0.3, -0.25) is 19.4 Å². The lowest BCUT2D eigenvalue weighted by molar-refractivity contribution is -0.117. The van der Waals surface area contributed by atoms with Crippen LogP contribution in [0, 0.1) is 17.7 Å². The lowest BCUT2D eigenvalue weighted by Gasteiger charge is -2.45. The van der Waals surface area contributed by atoms with Gasteiger partial charge in [0, 0.05) is 28.7 Å². The van der Waals surface area contributed by atoms with Crippen LogP contribution in [0.2, 0.25) is 0 Å². The molecule has 37 heavy (non-hydrogen) atoms. The van der Waals surface area contributed by atoms with Crippen LogP contribution in [-0.2, 0) is 16.0 Å². The molecule has 0 radical (unpaired) electrons. The molecule has 2 heterocycles. The van der Waals surface area contributed by atoms with E-state index in [1.54, 1.807) is 19.0 Å². The van der Waals surface area contributed by atoms with E-state index in [1.807, 2.05) is 11.9 Å². The van der Waals surface area contributed by atoms with Gasteiger partial charge in [-0.15, -0.1) is 0 Å². The standard InChI is InChI=1S/C26H30FN3O7/c1-29(2)20-13-8-10-7-12-17(15(31)9-11(19(12)27)14-5-4-6-30(14)3)21(32)16(10)23(34)25(13)26(36,37-25)18(22(20)33)24(28)35/h9-10,13-14,20,31,33-34,36H,4-8H2,1-3H3,(H2,28,35)/t10-,13-,14?,20-,25-,26?/m0/s1. The molecule has 2 unspecified atom stereocenters. The zero-order valence-electron chi connectivity index (χ0n) is 20.8. The van der Waals surface area contributed by atoms with E-state index < -0.39 is 63.9 Å². The number of carbonyl (C=O) groups excluding carboxylic acids is 2. The summed E-state index contributed by atoms with van der Waals surface area (Å²) in [6.45, 7) is 0.799. The number of nitrogens with zero attached hydrogens (tertiary/aromatic N) is 2. The molecular formula is C26H30FN3O7. The number of halogens is 1. The lowest BCUT2D eigenvalue weighted by Crippen LogP contribution is -2.57. The number of aliphatic hydroxyl groups excluding tert-OH is 2. The van der Waals surface area contributed by atoms with Crippen LogP contribution in [0.1, 0.15) is 46.8 Å². The van der Waals surface area contributed by atoms with Crippen molar-refractivity contribution in [3.05, 3.63) is 51.2 Å². The number of epoxide rings is 1. The van der Waals surface area contributed by atoms with Crippen LogP contribution >= 0.6 is 0 Å². The number of phenolic OH excluding ortho intramolecular Hbond substituents is 1. The van der Waals surface area contributed by atoms with Crippen molar-refractivity contribution in [1.82, 2.24) is 9.80 Å². The van der Waals surface area contributed by atoms with Gasteiger partial charge in [-0.1, -0.05) is 0 Å². The number of amides is 1. The second-order valence-electron chi connectivity index (χ2n) is 11.1. The number of rotatable bonds is 3. The number of aromatic hydroxyl groups is 1.